The molecule has 7 nitrogen and oxygen atoms in total. The third kappa shape index (κ3) is 5.90. The Kier molecular flexibility index (Phi) is 7.64. The van der Waals surface area contributed by atoms with Crippen LogP contribution in [-0.4, -0.2) is 79.2 Å². The van der Waals surface area contributed by atoms with Crippen LogP contribution in [0.25, 0.3) is 0 Å². The lowest BCUT2D eigenvalue weighted by Crippen LogP contribution is -2.43. The minimum Gasteiger partial charge on any atom is -0.466 e. The minimum atomic E-state index is -0.281. The van der Waals surface area contributed by atoms with Crippen LogP contribution in [0.5, 0.6) is 0 Å². The number of aromatic nitrogens is 1. The third-order valence-corrected chi connectivity index (χ3v) is 3.90. The van der Waals surface area contributed by atoms with E-state index in [0.717, 1.165) is 32.8 Å². The van der Waals surface area contributed by atoms with Crippen molar-refractivity contribution in [2.75, 3.05) is 52.5 Å². The molecule has 0 aliphatic carbocycles. The number of nitrogens with zero attached hydrogens (tertiary/aromatic N) is 3. The molecule has 2 heterocycles. The number of esters is 1. The van der Waals surface area contributed by atoms with Gasteiger partial charge in [0.05, 0.1) is 26.2 Å². The van der Waals surface area contributed by atoms with Gasteiger partial charge in [-0.3, -0.25) is 19.5 Å². The summed E-state index contributed by atoms with van der Waals surface area (Å²) in [6, 6.07) is 3.38. The van der Waals surface area contributed by atoms with Gasteiger partial charge in [0.2, 0.25) is 0 Å². The van der Waals surface area contributed by atoms with E-state index in [1.165, 1.54) is 0 Å². The molecule has 1 aromatic heterocycles. The van der Waals surface area contributed by atoms with Gasteiger partial charge in [-0.15, -0.1) is 0 Å². The third-order valence-electron chi connectivity index (χ3n) is 3.90. The highest BCUT2D eigenvalue weighted by atomic mass is 16.5. The van der Waals surface area contributed by atoms with Crippen molar-refractivity contribution in [3.63, 3.8) is 0 Å². The van der Waals surface area contributed by atoms with Crippen LogP contribution >= 0.6 is 0 Å². The van der Waals surface area contributed by atoms with E-state index < -0.39 is 0 Å². The molecule has 1 aliphatic heterocycles. The Morgan fingerprint density at radius 3 is 2.62 bits per heavy atom. The zero-order chi connectivity index (χ0) is 17.2. The van der Waals surface area contributed by atoms with Crippen LogP contribution in [0.2, 0.25) is 0 Å². The molecular weight excluding hydrogens is 310 g/mol. The molecule has 0 aromatic carbocycles. The van der Waals surface area contributed by atoms with Crippen LogP contribution < -0.4 is 0 Å². The van der Waals surface area contributed by atoms with Crippen LogP contribution in [0.15, 0.2) is 24.5 Å². The summed E-state index contributed by atoms with van der Waals surface area (Å²) >= 11 is 0. The first-order chi connectivity index (χ1) is 11.7. The maximum atomic E-state index is 12.7. The number of hydrogen-bond acceptors (Lipinski definition) is 6. The lowest BCUT2D eigenvalue weighted by molar-refractivity contribution is -0.143. The first-order valence-corrected chi connectivity index (χ1v) is 8.35. The molecule has 1 saturated heterocycles. The zero-order valence-electron chi connectivity index (χ0n) is 14.1. The van der Waals surface area contributed by atoms with E-state index in [4.69, 9.17) is 9.47 Å². The highest BCUT2D eigenvalue weighted by Crippen LogP contribution is 2.06. The monoisotopic (exact) mass is 335 g/mol. The number of pyridine rings is 1. The largest absolute Gasteiger partial charge is 0.466 e. The van der Waals surface area contributed by atoms with Crippen molar-refractivity contribution in [2.45, 2.75) is 13.3 Å². The van der Waals surface area contributed by atoms with Gasteiger partial charge < -0.3 is 14.4 Å². The van der Waals surface area contributed by atoms with Gasteiger partial charge in [-0.05, 0) is 19.1 Å². The molecule has 1 aliphatic rings. The van der Waals surface area contributed by atoms with Crippen molar-refractivity contribution in [1.29, 1.82) is 0 Å². The number of amides is 1. The molecule has 1 aromatic rings. The zero-order valence-corrected chi connectivity index (χ0v) is 14.1. The van der Waals surface area contributed by atoms with E-state index in [1.54, 1.807) is 36.4 Å². The Hall–Kier alpha value is -1.99. The molecule has 0 bridgehead atoms. The van der Waals surface area contributed by atoms with Gasteiger partial charge in [-0.2, -0.15) is 0 Å². The summed E-state index contributed by atoms with van der Waals surface area (Å²) in [7, 11) is 0. The molecule has 7 heteroatoms. The van der Waals surface area contributed by atoms with E-state index >= 15 is 0 Å². The van der Waals surface area contributed by atoms with E-state index in [9.17, 15) is 9.59 Å². The van der Waals surface area contributed by atoms with Gasteiger partial charge in [-0.25, -0.2) is 0 Å². The topological polar surface area (TPSA) is 72.0 Å². The molecule has 1 amide bonds. The van der Waals surface area contributed by atoms with Crippen molar-refractivity contribution in [2.24, 2.45) is 0 Å². The molecule has 2 rings (SSSR count). The Bertz CT molecular complexity index is 518. The molecule has 0 saturated carbocycles. The highest BCUT2D eigenvalue weighted by molar-refractivity contribution is 5.94. The highest BCUT2D eigenvalue weighted by Gasteiger charge is 2.19. The molecule has 0 unspecified atom stereocenters. The Balaban J connectivity index is 1.94. The Labute approximate surface area is 142 Å². The summed E-state index contributed by atoms with van der Waals surface area (Å²) in [6.45, 7) is 7.00. The lowest BCUT2D eigenvalue weighted by atomic mass is 10.2. The summed E-state index contributed by atoms with van der Waals surface area (Å²) in [5.41, 5.74) is 0.579. The fourth-order valence-electron chi connectivity index (χ4n) is 2.54. The number of morpholine rings is 1. The molecular formula is C17H25N3O4. The van der Waals surface area contributed by atoms with E-state index in [2.05, 4.69) is 9.88 Å². The Morgan fingerprint density at radius 2 is 1.96 bits per heavy atom. The molecule has 0 atom stereocenters. The van der Waals surface area contributed by atoms with E-state index in [-0.39, 0.29) is 18.3 Å². The van der Waals surface area contributed by atoms with Crippen molar-refractivity contribution < 1.29 is 19.1 Å². The lowest BCUT2D eigenvalue weighted by Gasteiger charge is -2.30. The molecule has 24 heavy (non-hydrogen) atoms. The molecule has 0 radical (unpaired) electrons. The SMILES string of the molecule is CCOC(=O)CCN(CCN1CCOCC1)C(=O)c1ccncc1. The van der Waals surface area contributed by atoms with Gasteiger partial charge in [0.15, 0.2) is 0 Å². The van der Waals surface area contributed by atoms with Crippen LogP contribution in [0.4, 0.5) is 0 Å². The van der Waals surface area contributed by atoms with Crippen molar-refractivity contribution in [1.82, 2.24) is 14.8 Å². The minimum absolute atomic E-state index is 0.0880. The van der Waals surface area contributed by atoms with Crippen molar-refractivity contribution in [3.05, 3.63) is 30.1 Å². The van der Waals surface area contributed by atoms with Gasteiger partial charge >= 0.3 is 5.97 Å². The smallest absolute Gasteiger partial charge is 0.307 e. The quantitative estimate of drug-likeness (QED) is 0.655. The fraction of sp³-hybridized carbons (Fsp3) is 0.588. The van der Waals surface area contributed by atoms with Gasteiger partial charge in [-0.1, -0.05) is 0 Å². The predicted octanol–water partition coefficient (Wildman–Crippen LogP) is 0.809. The first kappa shape index (κ1) is 18.4. The summed E-state index contributed by atoms with van der Waals surface area (Å²) < 4.78 is 10.3. The number of hydrogen-bond donors (Lipinski definition) is 0. The maximum Gasteiger partial charge on any atom is 0.307 e. The van der Waals surface area contributed by atoms with Crippen molar-refractivity contribution in [3.8, 4) is 0 Å². The normalized spacial score (nSPS) is 15.0. The second-order valence-electron chi connectivity index (χ2n) is 5.54. The average molecular weight is 335 g/mol. The number of carbonyl (C=O) groups excluding carboxylic acids is 2. The summed E-state index contributed by atoms with van der Waals surface area (Å²) in [6.07, 6.45) is 3.39. The van der Waals surface area contributed by atoms with Gasteiger partial charge in [0.1, 0.15) is 0 Å². The Morgan fingerprint density at radius 1 is 1.25 bits per heavy atom. The van der Waals surface area contributed by atoms with Crippen LogP contribution in [-0.2, 0) is 14.3 Å². The second-order valence-corrected chi connectivity index (χ2v) is 5.54. The predicted molar refractivity (Wildman–Crippen MR) is 88.6 cm³/mol. The fourth-order valence-corrected chi connectivity index (χ4v) is 2.54. The molecule has 132 valence electrons. The maximum absolute atomic E-state index is 12.7. The number of carbonyl (C=O) groups is 2. The van der Waals surface area contributed by atoms with Gasteiger partial charge in [0.25, 0.3) is 5.91 Å². The standard InChI is InChI=1S/C17H25N3O4/c1-2-24-16(21)5-8-20(10-9-19-11-13-23-14-12-19)17(22)15-3-6-18-7-4-15/h3-4,6-7H,2,5,8-14H2,1H3. The van der Waals surface area contributed by atoms with Crippen LogP contribution in [0.1, 0.15) is 23.7 Å². The summed E-state index contributed by atoms with van der Waals surface area (Å²) in [5.74, 6) is -0.369. The van der Waals surface area contributed by atoms with E-state index in [0.29, 0.717) is 25.3 Å². The number of rotatable bonds is 8. The van der Waals surface area contributed by atoms with E-state index in [1.807, 2.05) is 0 Å². The van der Waals surface area contributed by atoms with Crippen molar-refractivity contribution >= 4 is 11.9 Å². The number of ether oxygens (including phenoxy) is 2. The molecule has 0 N–H and O–H groups in total. The van der Waals surface area contributed by atoms with Crippen LogP contribution in [0.3, 0.4) is 0 Å². The second kappa shape index (κ2) is 10.00. The van der Waals surface area contributed by atoms with Gasteiger partial charge in [0, 0.05) is 50.7 Å². The summed E-state index contributed by atoms with van der Waals surface area (Å²) in [5, 5.41) is 0. The molecule has 1 fully saturated rings. The first-order valence-electron chi connectivity index (χ1n) is 8.35. The van der Waals surface area contributed by atoms with Crippen LogP contribution in [0, 0.1) is 0 Å². The average Bonchev–Trinajstić information content (AvgIpc) is 2.63. The molecule has 0 spiro atoms. The summed E-state index contributed by atoms with van der Waals surface area (Å²) in [4.78, 5) is 32.2.